The van der Waals surface area contributed by atoms with Crippen molar-refractivity contribution in [3.8, 4) is 0 Å². The van der Waals surface area contributed by atoms with Gasteiger partial charge in [0.25, 0.3) is 0 Å². The summed E-state index contributed by atoms with van der Waals surface area (Å²) in [5.74, 6) is -0.190. The van der Waals surface area contributed by atoms with Crippen LogP contribution < -0.4 is 0 Å². The summed E-state index contributed by atoms with van der Waals surface area (Å²) in [5, 5.41) is 8.64. The number of carbonyl (C=O) groups is 1. The Hall–Kier alpha value is -0.830. The first-order valence-electron chi connectivity index (χ1n) is 4.24. The van der Waals surface area contributed by atoms with Crippen LogP contribution in [0.25, 0.3) is 0 Å². The van der Waals surface area contributed by atoms with Crippen molar-refractivity contribution >= 4 is 5.97 Å². The molecular weight excluding hydrogens is 156 g/mol. The molecule has 0 aliphatic carbocycles. The Balaban J connectivity index is 2.08. The van der Waals surface area contributed by atoms with Gasteiger partial charge in [-0.3, -0.25) is 4.79 Å². The minimum absolute atomic E-state index is 0.0566. The number of carboxylic acids is 1. The SMILES string of the molecule is CC1C2C=CC(O2)C1CC(=O)O. The minimum atomic E-state index is -0.726. The van der Waals surface area contributed by atoms with Gasteiger partial charge >= 0.3 is 5.97 Å². The molecule has 0 saturated carbocycles. The van der Waals surface area contributed by atoms with Gasteiger partial charge in [0.05, 0.1) is 18.6 Å². The lowest BCUT2D eigenvalue weighted by molar-refractivity contribution is -0.138. The first-order chi connectivity index (χ1) is 5.68. The standard InChI is InChI=1S/C9H12O3/c1-5-6(4-9(10)11)8-3-2-7(5)12-8/h2-3,5-8H,4H2,1H3,(H,10,11). The van der Waals surface area contributed by atoms with E-state index in [0.29, 0.717) is 5.92 Å². The van der Waals surface area contributed by atoms with E-state index in [1.165, 1.54) is 0 Å². The summed E-state index contributed by atoms with van der Waals surface area (Å²) in [7, 11) is 0. The van der Waals surface area contributed by atoms with Crippen LogP contribution in [0.2, 0.25) is 0 Å². The largest absolute Gasteiger partial charge is 0.481 e. The van der Waals surface area contributed by atoms with E-state index in [9.17, 15) is 4.79 Å². The van der Waals surface area contributed by atoms with E-state index in [4.69, 9.17) is 9.84 Å². The number of hydrogen-bond donors (Lipinski definition) is 1. The fourth-order valence-electron chi connectivity index (χ4n) is 2.08. The molecule has 2 rings (SSSR count). The smallest absolute Gasteiger partial charge is 0.303 e. The van der Waals surface area contributed by atoms with E-state index in [1.807, 2.05) is 12.2 Å². The number of aliphatic carboxylic acids is 1. The van der Waals surface area contributed by atoms with Crippen LogP contribution in [0.5, 0.6) is 0 Å². The molecule has 66 valence electrons. The van der Waals surface area contributed by atoms with Crippen LogP contribution in [0.1, 0.15) is 13.3 Å². The third kappa shape index (κ3) is 1.05. The third-order valence-electron chi connectivity index (χ3n) is 2.83. The number of hydrogen-bond acceptors (Lipinski definition) is 2. The van der Waals surface area contributed by atoms with E-state index in [2.05, 4.69) is 6.92 Å². The van der Waals surface area contributed by atoms with Gasteiger partial charge in [0.2, 0.25) is 0 Å². The monoisotopic (exact) mass is 168 g/mol. The van der Waals surface area contributed by atoms with Crippen molar-refractivity contribution in [1.29, 1.82) is 0 Å². The topological polar surface area (TPSA) is 46.5 Å². The van der Waals surface area contributed by atoms with Crippen molar-refractivity contribution in [2.75, 3.05) is 0 Å². The van der Waals surface area contributed by atoms with Crippen molar-refractivity contribution in [3.63, 3.8) is 0 Å². The first kappa shape index (κ1) is 7.80. The van der Waals surface area contributed by atoms with Crippen LogP contribution in [0.4, 0.5) is 0 Å². The van der Waals surface area contributed by atoms with Gasteiger partial charge in [-0.05, 0) is 5.92 Å². The van der Waals surface area contributed by atoms with Crippen LogP contribution in [-0.2, 0) is 9.53 Å². The summed E-state index contributed by atoms with van der Waals surface area (Å²) in [6.07, 6.45) is 4.47. The maximum absolute atomic E-state index is 10.5. The first-order valence-corrected chi connectivity index (χ1v) is 4.24. The van der Waals surface area contributed by atoms with Gasteiger partial charge in [-0.1, -0.05) is 19.1 Å². The van der Waals surface area contributed by atoms with Crippen LogP contribution in [0.3, 0.4) is 0 Å². The van der Waals surface area contributed by atoms with Crippen molar-refractivity contribution in [2.45, 2.75) is 25.6 Å². The van der Waals surface area contributed by atoms with Gasteiger partial charge in [0, 0.05) is 5.92 Å². The summed E-state index contributed by atoms with van der Waals surface area (Å²) in [4.78, 5) is 10.5. The van der Waals surface area contributed by atoms with Gasteiger partial charge in [-0.15, -0.1) is 0 Å². The molecule has 0 aromatic rings. The number of rotatable bonds is 2. The van der Waals surface area contributed by atoms with Crippen molar-refractivity contribution in [3.05, 3.63) is 12.2 Å². The summed E-state index contributed by atoms with van der Waals surface area (Å²) < 4.78 is 5.52. The summed E-state index contributed by atoms with van der Waals surface area (Å²) in [5.41, 5.74) is 0. The Kier molecular flexibility index (Phi) is 1.68. The van der Waals surface area contributed by atoms with Crippen LogP contribution in [0.15, 0.2) is 12.2 Å². The predicted molar refractivity (Wildman–Crippen MR) is 42.7 cm³/mol. The molecule has 0 aromatic carbocycles. The van der Waals surface area contributed by atoms with Gasteiger partial charge in [-0.2, -0.15) is 0 Å². The molecule has 12 heavy (non-hydrogen) atoms. The molecule has 0 aromatic heterocycles. The molecule has 0 amide bonds. The minimum Gasteiger partial charge on any atom is -0.481 e. The van der Waals surface area contributed by atoms with Crippen molar-refractivity contribution in [2.24, 2.45) is 11.8 Å². The van der Waals surface area contributed by atoms with Crippen molar-refractivity contribution < 1.29 is 14.6 Å². The average Bonchev–Trinajstić information content (AvgIpc) is 2.53. The Morgan fingerprint density at radius 3 is 2.67 bits per heavy atom. The Labute approximate surface area is 71.0 Å². The predicted octanol–water partition coefficient (Wildman–Crippen LogP) is 1.05. The van der Waals surface area contributed by atoms with Gasteiger partial charge in [0.1, 0.15) is 0 Å². The van der Waals surface area contributed by atoms with Crippen LogP contribution in [-0.4, -0.2) is 23.3 Å². The zero-order valence-corrected chi connectivity index (χ0v) is 6.93. The highest BCUT2D eigenvalue weighted by Gasteiger charge is 2.43. The van der Waals surface area contributed by atoms with Gasteiger partial charge in [-0.25, -0.2) is 0 Å². The number of carboxylic acid groups (broad SMARTS) is 1. The molecule has 0 radical (unpaired) electrons. The molecule has 3 nitrogen and oxygen atoms in total. The Bertz CT molecular complexity index is 234. The molecule has 2 bridgehead atoms. The maximum Gasteiger partial charge on any atom is 0.303 e. The molecule has 4 unspecified atom stereocenters. The molecule has 2 aliphatic rings. The highest BCUT2D eigenvalue weighted by atomic mass is 16.5. The lowest BCUT2D eigenvalue weighted by Crippen LogP contribution is -2.24. The lowest BCUT2D eigenvalue weighted by Gasteiger charge is -2.19. The molecule has 2 heterocycles. The molecule has 2 aliphatic heterocycles. The van der Waals surface area contributed by atoms with Gasteiger partial charge < -0.3 is 9.84 Å². The molecule has 4 atom stereocenters. The summed E-state index contributed by atoms with van der Waals surface area (Å²) in [6.45, 7) is 2.06. The lowest BCUT2D eigenvalue weighted by atomic mass is 9.82. The van der Waals surface area contributed by atoms with E-state index >= 15 is 0 Å². The van der Waals surface area contributed by atoms with E-state index < -0.39 is 5.97 Å². The Morgan fingerprint density at radius 1 is 1.50 bits per heavy atom. The quantitative estimate of drug-likeness (QED) is 0.627. The van der Waals surface area contributed by atoms with Crippen LogP contribution >= 0.6 is 0 Å². The molecule has 1 N–H and O–H groups in total. The molecule has 1 fully saturated rings. The third-order valence-corrected chi connectivity index (χ3v) is 2.83. The molecule has 0 spiro atoms. The number of fused-ring (bicyclic) bond motifs is 2. The molecular formula is C9H12O3. The fourth-order valence-corrected chi connectivity index (χ4v) is 2.08. The highest BCUT2D eigenvalue weighted by Crippen LogP contribution is 2.40. The summed E-state index contributed by atoms with van der Waals surface area (Å²) >= 11 is 0. The van der Waals surface area contributed by atoms with Crippen LogP contribution in [0, 0.1) is 11.8 Å². The molecule has 3 heteroatoms. The summed E-state index contributed by atoms with van der Waals surface area (Å²) in [6, 6.07) is 0. The maximum atomic E-state index is 10.5. The second-order valence-corrected chi connectivity index (χ2v) is 3.57. The van der Waals surface area contributed by atoms with Gasteiger partial charge in [0.15, 0.2) is 0 Å². The fraction of sp³-hybridized carbons (Fsp3) is 0.667. The van der Waals surface area contributed by atoms with E-state index in [-0.39, 0.29) is 24.5 Å². The normalized spacial score (nSPS) is 43.8. The van der Waals surface area contributed by atoms with Crippen molar-refractivity contribution in [1.82, 2.24) is 0 Å². The van der Waals surface area contributed by atoms with E-state index in [0.717, 1.165) is 0 Å². The zero-order chi connectivity index (χ0) is 8.72. The molecule has 1 saturated heterocycles. The second kappa shape index (κ2) is 2.59. The van der Waals surface area contributed by atoms with E-state index in [1.54, 1.807) is 0 Å². The second-order valence-electron chi connectivity index (χ2n) is 3.57. The number of ether oxygens (including phenoxy) is 1. The highest BCUT2D eigenvalue weighted by molar-refractivity contribution is 5.67. The Morgan fingerprint density at radius 2 is 2.17 bits per heavy atom. The zero-order valence-electron chi connectivity index (χ0n) is 6.93. The average molecular weight is 168 g/mol.